The van der Waals surface area contributed by atoms with Crippen LogP contribution in [0.2, 0.25) is 0 Å². The van der Waals surface area contributed by atoms with E-state index in [1.807, 2.05) is 26.0 Å². The van der Waals surface area contributed by atoms with Gasteiger partial charge in [-0.3, -0.25) is 4.79 Å². The molecule has 1 atom stereocenters. The van der Waals surface area contributed by atoms with Crippen LogP contribution in [0.3, 0.4) is 0 Å². The predicted molar refractivity (Wildman–Crippen MR) is 131 cm³/mol. The standard InChI is InChI=1S/C24H26BrN3O4/c1-6-10-32-22-20(30-4)11-16(12-21(22)31-5)14-26-28-23(15(3)7-2)27-19-9-8-17(25)13-18(19)24(28)29/h6,8-9,11-15H,1,7,10H2,2-5H3/t15-/m0/s1. The second-order valence-electron chi connectivity index (χ2n) is 7.16. The van der Waals surface area contributed by atoms with E-state index >= 15 is 0 Å². The fraction of sp³-hybridized carbons (Fsp3) is 0.292. The fourth-order valence-corrected chi connectivity index (χ4v) is 3.52. The van der Waals surface area contributed by atoms with Crippen molar-refractivity contribution in [2.24, 2.45) is 5.10 Å². The van der Waals surface area contributed by atoms with Gasteiger partial charge in [0.25, 0.3) is 5.56 Å². The highest BCUT2D eigenvalue weighted by molar-refractivity contribution is 9.10. The van der Waals surface area contributed by atoms with E-state index in [1.54, 1.807) is 44.7 Å². The first-order valence-electron chi connectivity index (χ1n) is 10.2. The zero-order chi connectivity index (χ0) is 23.3. The van der Waals surface area contributed by atoms with Crippen molar-refractivity contribution in [3.8, 4) is 17.2 Å². The maximum Gasteiger partial charge on any atom is 0.282 e. The molecule has 3 rings (SSSR count). The number of rotatable bonds is 9. The lowest BCUT2D eigenvalue weighted by Crippen LogP contribution is -2.23. The summed E-state index contributed by atoms with van der Waals surface area (Å²) in [7, 11) is 3.10. The molecule has 2 aromatic carbocycles. The van der Waals surface area contributed by atoms with Gasteiger partial charge in [-0.1, -0.05) is 42.4 Å². The first kappa shape index (κ1) is 23.5. The number of ether oxygens (including phenoxy) is 3. The molecule has 7 nitrogen and oxygen atoms in total. The van der Waals surface area contributed by atoms with Crippen molar-refractivity contribution in [3.05, 3.63) is 69.2 Å². The maximum absolute atomic E-state index is 13.3. The lowest BCUT2D eigenvalue weighted by molar-refractivity contribution is 0.301. The highest BCUT2D eigenvalue weighted by atomic mass is 79.9. The van der Waals surface area contributed by atoms with E-state index in [2.05, 4.69) is 27.6 Å². The van der Waals surface area contributed by atoms with Crippen molar-refractivity contribution in [1.29, 1.82) is 0 Å². The SMILES string of the molecule is C=CCOc1c(OC)cc(C=Nn2c([C@@H](C)CC)nc3ccc(Br)cc3c2=O)cc1OC. The second kappa shape index (κ2) is 10.5. The van der Waals surface area contributed by atoms with Crippen LogP contribution < -0.4 is 19.8 Å². The Morgan fingerprint density at radius 3 is 2.50 bits per heavy atom. The number of hydrogen-bond acceptors (Lipinski definition) is 6. The van der Waals surface area contributed by atoms with E-state index in [0.29, 0.717) is 46.1 Å². The van der Waals surface area contributed by atoms with Gasteiger partial charge in [0.05, 0.1) is 31.3 Å². The normalized spacial score (nSPS) is 12.2. The third-order valence-corrected chi connectivity index (χ3v) is 5.53. The van der Waals surface area contributed by atoms with Crippen LogP contribution in [-0.4, -0.2) is 36.7 Å². The molecule has 0 bridgehead atoms. The van der Waals surface area contributed by atoms with E-state index in [-0.39, 0.29) is 11.5 Å². The summed E-state index contributed by atoms with van der Waals surface area (Å²) in [6.07, 6.45) is 4.05. The van der Waals surface area contributed by atoms with Gasteiger partial charge in [0, 0.05) is 16.0 Å². The van der Waals surface area contributed by atoms with Crippen molar-refractivity contribution in [1.82, 2.24) is 9.66 Å². The minimum Gasteiger partial charge on any atom is -0.493 e. The molecule has 0 saturated carbocycles. The van der Waals surface area contributed by atoms with E-state index in [4.69, 9.17) is 19.2 Å². The number of halogens is 1. The summed E-state index contributed by atoms with van der Waals surface area (Å²) in [6.45, 7) is 8.05. The van der Waals surface area contributed by atoms with Gasteiger partial charge in [0.2, 0.25) is 5.75 Å². The molecular weight excluding hydrogens is 474 g/mol. The summed E-state index contributed by atoms with van der Waals surface area (Å²) < 4.78 is 18.8. The topological polar surface area (TPSA) is 74.9 Å². The van der Waals surface area contributed by atoms with E-state index in [9.17, 15) is 4.79 Å². The first-order valence-corrected chi connectivity index (χ1v) is 11.0. The monoisotopic (exact) mass is 499 g/mol. The van der Waals surface area contributed by atoms with Gasteiger partial charge in [-0.25, -0.2) is 4.98 Å². The molecule has 3 aromatic rings. The molecule has 0 N–H and O–H groups in total. The van der Waals surface area contributed by atoms with Crippen LogP contribution in [0.25, 0.3) is 10.9 Å². The summed E-state index contributed by atoms with van der Waals surface area (Å²) in [5.41, 5.74) is 1.10. The van der Waals surface area contributed by atoms with Crippen LogP contribution >= 0.6 is 15.9 Å². The van der Waals surface area contributed by atoms with Crippen molar-refractivity contribution < 1.29 is 14.2 Å². The Labute approximate surface area is 195 Å². The Morgan fingerprint density at radius 1 is 1.22 bits per heavy atom. The fourth-order valence-electron chi connectivity index (χ4n) is 3.16. The molecule has 0 aliphatic carbocycles. The van der Waals surface area contributed by atoms with E-state index in [1.165, 1.54) is 4.68 Å². The van der Waals surface area contributed by atoms with E-state index < -0.39 is 0 Å². The third-order valence-electron chi connectivity index (χ3n) is 5.04. The largest absolute Gasteiger partial charge is 0.493 e. The summed E-state index contributed by atoms with van der Waals surface area (Å²) in [5.74, 6) is 2.10. The van der Waals surface area contributed by atoms with Crippen molar-refractivity contribution >= 4 is 33.0 Å². The summed E-state index contributed by atoms with van der Waals surface area (Å²) in [5, 5.41) is 4.99. The molecule has 0 radical (unpaired) electrons. The molecule has 0 aliphatic rings. The Hall–Kier alpha value is -3.13. The number of aromatic nitrogens is 2. The lowest BCUT2D eigenvalue weighted by atomic mass is 10.1. The number of methoxy groups -OCH3 is 2. The Kier molecular flexibility index (Phi) is 7.69. The highest BCUT2D eigenvalue weighted by Gasteiger charge is 2.17. The van der Waals surface area contributed by atoms with E-state index in [0.717, 1.165) is 10.9 Å². The number of fused-ring (bicyclic) bond motifs is 1. The number of hydrogen-bond donors (Lipinski definition) is 0. The molecule has 0 saturated heterocycles. The van der Waals surface area contributed by atoms with Gasteiger partial charge in [0.15, 0.2) is 11.5 Å². The predicted octanol–water partition coefficient (Wildman–Crippen LogP) is 5.14. The first-order chi connectivity index (χ1) is 15.4. The lowest BCUT2D eigenvalue weighted by Gasteiger charge is -2.15. The maximum atomic E-state index is 13.3. The zero-order valence-corrected chi connectivity index (χ0v) is 20.2. The van der Waals surface area contributed by atoms with Gasteiger partial charge in [0.1, 0.15) is 12.4 Å². The van der Waals surface area contributed by atoms with Crippen molar-refractivity contribution in [2.75, 3.05) is 20.8 Å². The summed E-state index contributed by atoms with van der Waals surface area (Å²) in [4.78, 5) is 18.0. The van der Waals surface area contributed by atoms with Gasteiger partial charge in [-0.2, -0.15) is 9.78 Å². The summed E-state index contributed by atoms with van der Waals surface area (Å²) in [6, 6.07) is 9.00. The Morgan fingerprint density at radius 2 is 1.91 bits per heavy atom. The second-order valence-corrected chi connectivity index (χ2v) is 8.07. The number of nitrogens with zero attached hydrogens (tertiary/aromatic N) is 3. The summed E-state index contributed by atoms with van der Waals surface area (Å²) >= 11 is 3.42. The van der Waals surface area contributed by atoms with Crippen molar-refractivity contribution in [3.63, 3.8) is 0 Å². The van der Waals surface area contributed by atoms with Gasteiger partial charge < -0.3 is 14.2 Å². The van der Waals surface area contributed by atoms with Crippen LogP contribution in [0.15, 0.2) is 57.4 Å². The average Bonchev–Trinajstić information content (AvgIpc) is 2.81. The third kappa shape index (κ3) is 4.85. The smallest absolute Gasteiger partial charge is 0.282 e. The van der Waals surface area contributed by atoms with Crippen molar-refractivity contribution in [2.45, 2.75) is 26.2 Å². The molecule has 32 heavy (non-hydrogen) atoms. The highest BCUT2D eigenvalue weighted by Crippen LogP contribution is 2.38. The van der Waals surface area contributed by atoms with Crippen LogP contribution in [-0.2, 0) is 0 Å². The Bertz CT molecular complexity index is 1190. The number of benzene rings is 2. The molecule has 0 spiro atoms. The van der Waals surface area contributed by atoms with Crippen LogP contribution in [0.4, 0.5) is 0 Å². The van der Waals surface area contributed by atoms with Crippen LogP contribution in [0.1, 0.15) is 37.6 Å². The molecule has 168 valence electrons. The molecule has 0 aliphatic heterocycles. The molecule has 0 amide bonds. The molecule has 0 unspecified atom stereocenters. The molecular formula is C24H26BrN3O4. The van der Waals surface area contributed by atoms with Gasteiger partial charge >= 0.3 is 0 Å². The zero-order valence-electron chi connectivity index (χ0n) is 18.6. The molecule has 8 heteroatoms. The minimum atomic E-state index is -0.229. The van der Waals surface area contributed by atoms with Crippen LogP contribution in [0, 0.1) is 0 Å². The van der Waals surface area contributed by atoms with Crippen LogP contribution in [0.5, 0.6) is 17.2 Å². The minimum absolute atomic E-state index is 0.0478. The molecule has 1 heterocycles. The quantitative estimate of drug-likeness (QED) is 0.301. The molecule has 0 fully saturated rings. The van der Waals surface area contributed by atoms with Gasteiger partial charge in [-0.05, 0) is 36.8 Å². The Balaban J connectivity index is 2.14. The van der Waals surface area contributed by atoms with Gasteiger partial charge in [-0.15, -0.1) is 0 Å². The molecule has 1 aromatic heterocycles. The average molecular weight is 500 g/mol.